The summed E-state index contributed by atoms with van der Waals surface area (Å²) in [6, 6.07) is 11.6. The second-order valence-corrected chi connectivity index (χ2v) is 5.61. The average Bonchev–Trinajstić information content (AvgIpc) is 3.06. The van der Waals surface area contributed by atoms with Gasteiger partial charge in [-0.1, -0.05) is 12.1 Å². The Labute approximate surface area is 147 Å². The largest absolute Gasteiger partial charge is 0.322 e. The number of fused-ring (bicyclic) bond motifs is 1. The zero-order valence-corrected chi connectivity index (χ0v) is 13.4. The number of hydrogen-bond acceptors (Lipinski definition) is 3. The van der Waals surface area contributed by atoms with Crippen LogP contribution >= 0.6 is 0 Å². The van der Waals surface area contributed by atoms with Gasteiger partial charge in [0.25, 0.3) is 5.91 Å². The maximum absolute atomic E-state index is 13.7. The number of nitrogens with zero attached hydrogens (tertiary/aromatic N) is 3. The molecular weight excluding hydrogens is 338 g/mol. The van der Waals surface area contributed by atoms with E-state index in [4.69, 9.17) is 0 Å². The van der Waals surface area contributed by atoms with Gasteiger partial charge in [0.1, 0.15) is 11.6 Å². The summed E-state index contributed by atoms with van der Waals surface area (Å²) in [7, 11) is 0. The van der Waals surface area contributed by atoms with Gasteiger partial charge in [0.2, 0.25) is 5.78 Å². The topological polar surface area (TPSA) is 59.3 Å². The maximum atomic E-state index is 13.7. The monoisotopic (exact) mass is 350 g/mol. The molecule has 0 saturated heterocycles. The molecule has 0 saturated carbocycles. The standard InChI is InChI=1S/C19H12F2N4O/c20-13-5-6-15(16(21)10-13)18(26)23-14-4-1-3-12(9-14)17-11-25-8-2-7-22-19(25)24-17/h1-11H,(H,23,26). The van der Waals surface area contributed by atoms with Gasteiger partial charge in [0.05, 0.1) is 11.3 Å². The summed E-state index contributed by atoms with van der Waals surface area (Å²) in [6.45, 7) is 0. The quantitative estimate of drug-likeness (QED) is 0.609. The lowest BCUT2D eigenvalue weighted by molar-refractivity contribution is 0.102. The molecule has 0 fully saturated rings. The van der Waals surface area contributed by atoms with E-state index >= 15 is 0 Å². The predicted molar refractivity (Wildman–Crippen MR) is 92.7 cm³/mol. The van der Waals surface area contributed by atoms with E-state index in [1.165, 1.54) is 0 Å². The molecule has 2 heterocycles. The molecule has 4 rings (SSSR count). The summed E-state index contributed by atoms with van der Waals surface area (Å²) in [5, 5.41) is 2.61. The van der Waals surface area contributed by atoms with Crippen LogP contribution < -0.4 is 5.32 Å². The summed E-state index contributed by atoms with van der Waals surface area (Å²) in [4.78, 5) is 20.8. The number of halogens is 2. The van der Waals surface area contributed by atoms with Crippen molar-refractivity contribution in [2.75, 3.05) is 5.32 Å². The molecule has 0 unspecified atom stereocenters. The minimum Gasteiger partial charge on any atom is -0.322 e. The van der Waals surface area contributed by atoms with Crippen LogP contribution in [-0.4, -0.2) is 20.3 Å². The van der Waals surface area contributed by atoms with Crippen LogP contribution in [-0.2, 0) is 0 Å². The Kier molecular flexibility index (Phi) is 3.89. The Hall–Kier alpha value is -3.61. The van der Waals surface area contributed by atoms with Gasteiger partial charge in [-0.05, 0) is 30.3 Å². The van der Waals surface area contributed by atoms with Gasteiger partial charge < -0.3 is 5.32 Å². The zero-order chi connectivity index (χ0) is 18.1. The second-order valence-electron chi connectivity index (χ2n) is 5.61. The Morgan fingerprint density at radius 2 is 1.96 bits per heavy atom. The SMILES string of the molecule is O=C(Nc1cccc(-c2cn3cccnc3n2)c1)c1ccc(F)cc1F. The van der Waals surface area contributed by atoms with Crippen LogP contribution in [0, 0.1) is 11.6 Å². The van der Waals surface area contributed by atoms with Gasteiger partial charge in [0, 0.05) is 35.9 Å². The van der Waals surface area contributed by atoms with Crippen molar-refractivity contribution < 1.29 is 13.6 Å². The number of hydrogen-bond donors (Lipinski definition) is 1. The van der Waals surface area contributed by atoms with Gasteiger partial charge in [-0.2, -0.15) is 0 Å². The van der Waals surface area contributed by atoms with Crippen molar-refractivity contribution in [3.63, 3.8) is 0 Å². The van der Waals surface area contributed by atoms with Crippen molar-refractivity contribution >= 4 is 17.4 Å². The smallest absolute Gasteiger partial charge is 0.258 e. The first-order chi connectivity index (χ1) is 12.6. The van der Waals surface area contributed by atoms with Crippen LogP contribution in [0.1, 0.15) is 10.4 Å². The number of anilines is 1. The van der Waals surface area contributed by atoms with E-state index in [1.54, 1.807) is 34.9 Å². The Morgan fingerprint density at radius 1 is 1.08 bits per heavy atom. The molecule has 0 aliphatic rings. The van der Waals surface area contributed by atoms with Crippen molar-refractivity contribution in [3.8, 4) is 11.3 Å². The lowest BCUT2D eigenvalue weighted by atomic mass is 10.1. The summed E-state index contributed by atoms with van der Waals surface area (Å²) >= 11 is 0. The fourth-order valence-electron chi connectivity index (χ4n) is 2.60. The Morgan fingerprint density at radius 3 is 2.77 bits per heavy atom. The highest BCUT2D eigenvalue weighted by molar-refractivity contribution is 6.04. The van der Waals surface area contributed by atoms with Crippen molar-refractivity contribution in [2.24, 2.45) is 0 Å². The molecular formula is C19H12F2N4O. The third kappa shape index (κ3) is 3.02. The lowest BCUT2D eigenvalue weighted by Gasteiger charge is -2.07. The van der Waals surface area contributed by atoms with Crippen LogP contribution in [0.15, 0.2) is 67.1 Å². The second kappa shape index (κ2) is 6.36. The van der Waals surface area contributed by atoms with Crippen LogP contribution in [0.5, 0.6) is 0 Å². The van der Waals surface area contributed by atoms with Crippen LogP contribution in [0.4, 0.5) is 14.5 Å². The van der Waals surface area contributed by atoms with Crippen LogP contribution in [0.2, 0.25) is 0 Å². The number of aromatic nitrogens is 3. The highest BCUT2D eigenvalue weighted by atomic mass is 19.1. The van der Waals surface area contributed by atoms with E-state index in [9.17, 15) is 13.6 Å². The minimum atomic E-state index is -0.912. The zero-order valence-electron chi connectivity index (χ0n) is 13.4. The molecule has 26 heavy (non-hydrogen) atoms. The van der Waals surface area contributed by atoms with Gasteiger partial charge in [-0.15, -0.1) is 0 Å². The van der Waals surface area contributed by atoms with E-state index in [0.29, 0.717) is 23.2 Å². The molecule has 0 bridgehead atoms. The molecule has 0 aliphatic carbocycles. The fraction of sp³-hybridized carbons (Fsp3) is 0. The van der Waals surface area contributed by atoms with E-state index in [1.807, 2.05) is 18.5 Å². The minimum absolute atomic E-state index is 0.228. The highest BCUT2D eigenvalue weighted by Crippen LogP contribution is 2.22. The molecule has 1 N–H and O–H groups in total. The fourth-order valence-corrected chi connectivity index (χ4v) is 2.60. The molecule has 7 heteroatoms. The number of carbonyl (C=O) groups is 1. The number of imidazole rings is 1. The number of nitrogens with one attached hydrogen (secondary N) is 1. The van der Waals surface area contributed by atoms with Gasteiger partial charge >= 0.3 is 0 Å². The predicted octanol–water partition coefficient (Wildman–Crippen LogP) is 3.93. The molecule has 0 spiro atoms. The third-order valence-electron chi connectivity index (χ3n) is 3.83. The van der Waals surface area contributed by atoms with Crippen molar-refractivity contribution in [2.45, 2.75) is 0 Å². The third-order valence-corrected chi connectivity index (χ3v) is 3.83. The van der Waals surface area contributed by atoms with E-state index in [0.717, 1.165) is 17.7 Å². The normalized spacial score (nSPS) is 10.8. The number of benzene rings is 2. The molecule has 1 amide bonds. The van der Waals surface area contributed by atoms with Gasteiger partial charge in [-0.3, -0.25) is 9.20 Å². The van der Waals surface area contributed by atoms with E-state index in [-0.39, 0.29) is 5.56 Å². The number of amides is 1. The molecule has 2 aromatic carbocycles. The summed E-state index contributed by atoms with van der Waals surface area (Å²) in [6.07, 6.45) is 5.31. The van der Waals surface area contributed by atoms with Crippen LogP contribution in [0.3, 0.4) is 0 Å². The highest BCUT2D eigenvalue weighted by Gasteiger charge is 2.13. The molecule has 0 radical (unpaired) electrons. The molecule has 0 aliphatic heterocycles. The maximum Gasteiger partial charge on any atom is 0.258 e. The number of carbonyl (C=O) groups excluding carboxylic acids is 1. The number of rotatable bonds is 3. The summed E-state index contributed by atoms with van der Waals surface area (Å²) in [5.74, 6) is -1.74. The first-order valence-corrected chi connectivity index (χ1v) is 7.77. The Bertz CT molecular complexity index is 1090. The Balaban J connectivity index is 1.62. The summed E-state index contributed by atoms with van der Waals surface area (Å²) in [5.41, 5.74) is 1.70. The first-order valence-electron chi connectivity index (χ1n) is 7.77. The lowest BCUT2D eigenvalue weighted by Crippen LogP contribution is -2.13. The van der Waals surface area contributed by atoms with Gasteiger partial charge in [-0.25, -0.2) is 18.7 Å². The molecule has 5 nitrogen and oxygen atoms in total. The average molecular weight is 350 g/mol. The van der Waals surface area contributed by atoms with E-state index in [2.05, 4.69) is 15.3 Å². The molecule has 128 valence electrons. The molecule has 4 aromatic rings. The summed E-state index contributed by atoms with van der Waals surface area (Å²) < 4.78 is 28.5. The first kappa shape index (κ1) is 15.9. The van der Waals surface area contributed by atoms with Crippen molar-refractivity contribution in [3.05, 3.63) is 84.3 Å². The van der Waals surface area contributed by atoms with Gasteiger partial charge in [0.15, 0.2) is 0 Å². The van der Waals surface area contributed by atoms with Crippen molar-refractivity contribution in [1.82, 2.24) is 14.4 Å². The molecule has 2 aromatic heterocycles. The van der Waals surface area contributed by atoms with Crippen molar-refractivity contribution in [1.29, 1.82) is 0 Å². The van der Waals surface area contributed by atoms with Crippen LogP contribution in [0.25, 0.3) is 17.0 Å². The van der Waals surface area contributed by atoms with E-state index < -0.39 is 17.5 Å². The molecule has 0 atom stereocenters.